The summed E-state index contributed by atoms with van der Waals surface area (Å²) in [6.07, 6.45) is 2.60. The van der Waals surface area contributed by atoms with Gasteiger partial charge in [-0.2, -0.15) is 0 Å². The van der Waals surface area contributed by atoms with E-state index in [2.05, 4.69) is 11.9 Å². The molecule has 0 heterocycles. The lowest BCUT2D eigenvalue weighted by Gasteiger charge is -2.33. The fourth-order valence-electron chi connectivity index (χ4n) is 2.98. The molecular formula is C23H27FN2O4. The Hall–Kier alpha value is -3.00. The predicted molar refractivity (Wildman–Crippen MR) is 115 cm³/mol. The second-order valence-corrected chi connectivity index (χ2v) is 6.93. The average molecular weight is 414 g/mol. The van der Waals surface area contributed by atoms with Gasteiger partial charge >= 0.3 is 0 Å². The van der Waals surface area contributed by atoms with Crippen molar-refractivity contribution in [1.29, 1.82) is 0 Å². The lowest BCUT2D eigenvalue weighted by Crippen LogP contribution is -2.60. The van der Waals surface area contributed by atoms with Crippen LogP contribution in [0.15, 0.2) is 67.3 Å². The third-order valence-electron chi connectivity index (χ3n) is 4.81. The zero-order valence-electron chi connectivity index (χ0n) is 17.0. The standard InChI is InChI=1S/C23H27FN2O4/c1-4-20(24)23(2,28)21(22(27)26-29)25-15-5-6-16-7-9-17(10-8-16)18-11-13-19(30-3)14-12-18/h4-14,20-21,25,28-29H,1,15H2,2-3H3,(H,26,27)/b6-5+/t20?,21-,23-/m1/s1. The summed E-state index contributed by atoms with van der Waals surface area (Å²) in [5.74, 6) is -0.146. The number of hydrogen-bond donors (Lipinski definition) is 4. The number of methoxy groups -OCH3 is 1. The lowest BCUT2D eigenvalue weighted by atomic mass is 9.90. The fourth-order valence-corrected chi connectivity index (χ4v) is 2.98. The van der Waals surface area contributed by atoms with Crippen molar-refractivity contribution in [3.63, 3.8) is 0 Å². The van der Waals surface area contributed by atoms with Crippen molar-refractivity contribution in [3.8, 4) is 16.9 Å². The van der Waals surface area contributed by atoms with Crippen LogP contribution in [-0.2, 0) is 4.79 Å². The largest absolute Gasteiger partial charge is 0.497 e. The summed E-state index contributed by atoms with van der Waals surface area (Å²) in [7, 11) is 1.62. The van der Waals surface area contributed by atoms with E-state index in [0.29, 0.717) is 0 Å². The predicted octanol–water partition coefficient (Wildman–Crippen LogP) is 3.11. The Bertz CT molecular complexity index is 864. The first-order valence-electron chi connectivity index (χ1n) is 9.40. The summed E-state index contributed by atoms with van der Waals surface area (Å²) in [6, 6.07) is 14.2. The van der Waals surface area contributed by atoms with Gasteiger partial charge in [-0.05, 0) is 35.7 Å². The number of amides is 1. The summed E-state index contributed by atoms with van der Waals surface area (Å²) in [6.45, 7) is 4.62. The number of benzene rings is 2. The van der Waals surface area contributed by atoms with E-state index >= 15 is 0 Å². The van der Waals surface area contributed by atoms with E-state index in [1.807, 2.05) is 54.6 Å². The number of aliphatic hydroxyl groups is 1. The number of rotatable bonds is 10. The Labute approximate surface area is 175 Å². The van der Waals surface area contributed by atoms with Crippen molar-refractivity contribution in [3.05, 3.63) is 72.8 Å². The molecule has 1 unspecified atom stereocenters. The van der Waals surface area contributed by atoms with Crippen LogP contribution in [0.4, 0.5) is 4.39 Å². The number of halogens is 1. The maximum absolute atomic E-state index is 14.0. The molecule has 0 bridgehead atoms. The summed E-state index contributed by atoms with van der Waals surface area (Å²) in [5.41, 5.74) is 2.41. The minimum Gasteiger partial charge on any atom is -0.497 e. The first kappa shape index (κ1) is 23.3. The molecule has 6 nitrogen and oxygen atoms in total. The zero-order chi connectivity index (χ0) is 22.1. The van der Waals surface area contributed by atoms with Gasteiger partial charge in [-0.3, -0.25) is 15.3 Å². The monoisotopic (exact) mass is 414 g/mol. The van der Waals surface area contributed by atoms with Crippen molar-refractivity contribution in [2.75, 3.05) is 13.7 Å². The van der Waals surface area contributed by atoms with Crippen LogP contribution in [0, 0.1) is 0 Å². The number of hydroxylamine groups is 1. The molecule has 0 aliphatic carbocycles. The molecule has 0 spiro atoms. The minimum absolute atomic E-state index is 0.165. The molecular weight excluding hydrogens is 387 g/mol. The first-order valence-corrected chi connectivity index (χ1v) is 9.40. The van der Waals surface area contributed by atoms with E-state index in [1.54, 1.807) is 13.2 Å². The molecule has 2 aromatic rings. The van der Waals surface area contributed by atoms with E-state index < -0.39 is 23.7 Å². The van der Waals surface area contributed by atoms with Gasteiger partial charge in [0.1, 0.15) is 23.6 Å². The van der Waals surface area contributed by atoms with Gasteiger partial charge in [0.05, 0.1) is 7.11 Å². The van der Waals surface area contributed by atoms with Crippen LogP contribution in [-0.4, -0.2) is 47.7 Å². The molecule has 3 atom stereocenters. The van der Waals surface area contributed by atoms with Crippen LogP contribution in [0.25, 0.3) is 17.2 Å². The smallest absolute Gasteiger partial charge is 0.263 e. The highest BCUT2D eigenvalue weighted by molar-refractivity contribution is 5.82. The van der Waals surface area contributed by atoms with Gasteiger partial charge in [-0.25, -0.2) is 9.87 Å². The van der Waals surface area contributed by atoms with E-state index in [-0.39, 0.29) is 6.54 Å². The maximum atomic E-state index is 14.0. The molecule has 0 aliphatic rings. The van der Waals surface area contributed by atoms with Gasteiger partial charge in [0.25, 0.3) is 5.91 Å². The number of ether oxygens (including phenoxy) is 1. The Balaban J connectivity index is 2.01. The molecule has 2 aromatic carbocycles. The van der Waals surface area contributed by atoms with E-state index in [9.17, 15) is 14.3 Å². The van der Waals surface area contributed by atoms with E-state index in [4.69, 9.17) is 9.94 Å². The van der Waals surface area contributed by atoms with Crippen molar-refractivity contribution in [2.45, 2.75) is 24.7 Å². The van der Waals surface area contributed by atoms with Crippen LogP contribution in [0.2, 0.25) is 0 Å². The summed E-state index contributed by atoms with van der Waals surface area (Å²) in [5, 5.41) is 21.9. The van der Waals surface area contributed by atoms with Crippen molar-refractivity contribution in [1.82, 2.24) is 10.8 Å². The van der Waals surface area contributed by atoms with Gasteiger partial charge < -0.3 is 9.84 Å². The molecule has 2 rings (SSSR count). The van der Waals surface area contributed by atoms with Crippen LogP contribution in [0.1, 0.15) is 12.5 Å². The molecule has 0 aromatic heterocycles. The molecule has 1 amide bonds. The molecule has 0 saturated heterocycles. The van der Waals surface area contributed by atoms with Crippen LogP contribution < -0.4 is 15.5 Å². The number of carbonyl (C=O) groups excluding carboxylic acids is 1. The number of hydrogen-bond acceptors (Lipinski definition) is 5. The first-order chi connectivity index (χ1) is 14.3. The van der Waals surface area contributed by atoms with Crippen LogP contribution in [0.5, 0.6) is 5.75 Å². The highest BCUT2D eigenvalue weighted by atomic mass is 19.1. The third-order valence-corrected chi connectivity index (χ3v) is 4.81. The summed E-state index contributed by atoms with van der Waals surface area (Å²) >= 11 is 0. The topological polar surface area (TPSA) is 90.8 Å². The van der Waals surface area contributed by atoms with E-state index in [0.717, 1.165) is 35.4 Å². The Kier molecular flexibility index (Phi) is 8.29. The fraction of sp³-hybridized carbons (Fsp3) is 0.261. The zero-order valence-corrected chi connectivity index (χ0v) is 17.0. The molecule has 4 N–H and O–H groups in total. The second kappa shape index (κ2) is 10.7. The SMILES string of the molecule is C=CC(F)[C@@](C)(O)[C@H](NC/C=C/c1ccc(-c2ccc(OC)cc2)cc1)C(=O)NO. The van der Waals surface area contributed by atoms with E-state index in [1.165, 1.54) is 5.48 Å². The highest BCUT2D eigenvalue weighted by Crippen LogP contribution is 2.23. The molecule has 7 heteroatoms. The van der Waals surface area contributed by atoms with Gasteiger partial charge in [0, 0.05) is 6.54 Å². The van der Waals surface area contributed by atoms with Gasteiger partial charge in [0.15, 0.2) is 0 Å². The molecule has 0 radical (unpaired) electrons. The lowest BCUT2D eigenvalue weighted by molar-refractivity contribution is -0.140. The Morgan fingerprint density at radius 2 is 1.77 bits per heavy atom. The molecule has 30 heavy (non-hydrogen) atoms. The molecule has 160 valence electrons. The molecule has 0 saturated carbocycles. The number of carbonyl (C=O) groups is 1. The third kappa shape index (κ3) is 5.76. The minimum atomic E-state index is -2.08. The molecule has 0 aliphatic heterocycles. The van der Waals surface area contributed by atoms with Crippen molar-refractivity contribution < 1.29 is 24.2 Å². The van der Waals surface area contributed by atoms with Gasteiger partial charge in [0.2, 0.25) is 0 Å². The molecule has 0 fully saturated rings. The Morgan fingerprint density at radius 3 is 2.27 bits per heavy atom. The van der Waals surface area contributed by atoms with Gasteiger partial charge in [-0.15, -0.1) is 6.58 Å². The Morgan fingerprint density at radius 1 is 1.20 bits per heavy atom. The second-order valence-electron chi connectivity index (χ2n) is 6.93. The highest BCUT2D eigenvalue weighted by Gasteiger charge is 2.42. The van der Waals surface area contributed by atoms with Crippen LogP contribution in [0.3, 0.4) is 0 Å². The maximum Gasteiger partial charge on any atom is 0.263 e. The van der Waals surface area contributed by atoms with Gasteiger partial charge in [-0.1, -0.05) is 54.6 Å². The quantitative estimate of drug-likeness (QED) is 0.272. The summed E-state index contributed by atoms with van der Waals surface area (Å²) in [4.78, 5) is 11.8. The average Bonchev–Trinajstić information content (AvgIpc) is 2.78. The van der Waals surface area contributed by atoms with Crippen molar-refractivity contribution in [2.24, 2.45) is 0 Å². The normalized spacial score (nSPS) is 15.2. The number of alkyl halides is 1. The number of nitrogens with one attached hydrogen (secondary N) is 2. The van der Waals surface area contributed by atoms with Crippen LogP contribution >= 0.6 is 0 Å². The van der Waals surface area contributed by atoms with Crippen molar-refractivity contribution >= 4 is 12.0 Å². The summed E-state index contributed by atoms with van der Waals surface area (Å²) < 4.78 is 19.1.